The smallest absolute Gasteiger partial charge is 0.263 e. The number of benzene rings is 3. The average Bonchev–Trinajstić information content (AvgIpc) is 3.10. The van der Waals surface area contributed by atoms with Crippen LogP contribution in [0.4, 0.5) is 14.6 Å². The third kappa shape index (κ3) is 3.59. The van der Waals surface area contributed by atoms with Crippen molar-refractivity contribution in [3.05, 3.63) is 90.1 Å². The van der Waals surface area contributed by atoms with Gasteiger partial charge >= 0.3 is 0 Å². The topological polar surface area (TPSA) is 64.0 Å². The van der Waals surface area contributed by atoms with Gasteiger partial charge in [-0.2, -0.15) is 5.10 Å². The van der Waals surface area contributed by atoms with Gasteiger partial charge in [-0.05, 0) is 34.5 Å². The molecule has 0 fully saturated rings. The zero-order valence-corrected chi connectivity index (χ0v) is 15.3. The number of aromatic nitrogens is 2. The van der Waals surface area contributed by atoms with Gasteiger partial charge in [0.1, 0.15) is 0 Å². The molecule has 0 unspecified atom stereocenters. The number of anilines is 1. The van der Waals surface area contributed by atoms with E-state index in [1.807, 2.05) is 42.5 Å². The molecule has 0 bridgehead atoms. The summed E-state index contributed by atoms with van der Waals surface area (Å²) < 4.78 is 55.0. The molecule has 3 aromatic carbocycles. The second-order valence-corrected chi connectivity index (χ2v) is 7.90. The van der Waals surface area contributed by atoms with Crippen LogP contribution in [0.5, 0.6) is 0 Å². The average molecular weight is 399 g/mol. The largest absolute Gasteiger partial charge is 0.266 e. The second kappa shape index (κ2) is 7.05. The number of nitrogens with one attached hydrogen (secondary N) is 1. The summed E-state index contributed by atoms with van der Waals surface area (Å²) in [7, 11) is -4.08. The number of sulfonamides is 1. The lowest BCUT2D eigenvalue weighted by molar-refractivity contribution is 0.504. The molecule has 1 heterocycles. The number of rotatable bonds is 5. The van der Waals surface area contributed by atoms with Gasteiger partial charge in [-0.15, -0.1) is 0 Å². The Hall–Kier alpha value is -3.26. The molecular weight excluding hydrogens is 384 g/mol. The van der Waals surface area contributed by atoms with E-state index in [4.69, 9.17) is 0 Å². The Bertz CT molecular complexity index is 1260. The molecule has 4 aromatic rings. The molecule has 4 rings (SSSR count). The predicted octanol–water partition coefficient (Wildman–Crippen LogP) is 4.16. The van der Waals surface area contributed by atoms with Crippen molar-refractivity contribution in [2.45, 2.75) is 11.4 Å². The number of nitrogens with zero attached hydrogens (tertiary/aromatic N) is 2. The van der Waals surface area contributed by atoms with E-state index in [0.717, 1.165) is 28.5 Å². The highest BCUT2D eigenvalue weighted by Gasteiger charge is 2.18. The molecule has 8 heteroatoms. The number of hydrogen-bond acceptors (Lipinski definition) is 3. The Labute approximate surface area is 160 Å². The maximum atomic E-state index is 13.3. The van der Waals surface area contributed by atoms with E-state index in [1.54, 1.807) is 10.9 Å². The summed E-state index contributed by atoms with van der Waals surface area (Å²) >= 11 is 0. The molecule has 0 radical (unpaired) electrons. The maximum absolute atomic E-state index is 13.3. The van der Waals surface area contributed by atoms with Crippen LogP contribution in [0.1, 0.15) is 5.56 Å². The standard InChI is InChI=1S/C20H15F2N3O2S/c21-18-9-8-16(12-19(18)22)28(26,27)24-20-10-11-25(23-20)13-15-6-3-5-14-4-1-2-7-17(14)15/h1-12H,13H2,(H,23,24). The first-order valence-electron chi connectivity index (χ1n) is 8.40. The molecule has 0 saturated heterocycles. The van der Waals surface area contributed by atoms with Crippen LogP contribution in [-0.4, -0.2) is 18.2 Å². The molecule has 0 aliphatic heterocycles. The van der Waals surface area contributed by atoms with Gasteiger partial charge in [-0.3, -0.25) is 9.40 Å². The van der Waals surface area contributed by atoms with Crippen LogP contribution in [0, 0.1) is 11.6 Å². The van der Waals surface area contributed by atoms with Gasteiger partial charge in [0.2, 0.25) is 0 Å². The Morgan fingerprint density at radius 3 is 2.54 bits per heavy atom. The van der Waals surface area contributed by atoms with Crippen LogP contribution in [0.3, 0.4) is 0 Å². The number of hydrogen-bond donors (Lipinski definition) is 1. The first-order valence-corrected chi connectivity index (χ1v) is 9.89. The lowest BCUT2D eigenvalue weighted by atomic mass is 10.0. The van der Waals surface area contributed by atoms with E-state index in [2.05, 4.69) is 9.82 Å². The van der Waals surface area contributed by atoms with Crippen LogP contribution in [0.2, 0.25) is 0 Å². The van der Waals surface area contributed by atoms with Crippen molar-refractivity contribution >= 4 is 26.6 Å². The first-order chi connectivity index (χ1) is 13.4. The summed E-state index contributed by atoms with van der Waals surface area (Å²) in [5.74, 6) is -2.26. The molecule has 0 spiro atoms. The molecule has 0 saturated carbocycles. The minimum Gasteiger partial charge on any atom is -0.266 e. The van der Waals surface area contributed by atoms with Crippen LogP contribution >= 0.6 is 0 Å². The van der Waals surface area contributed by atoms with Gasteiger partial charge in [0.15, 0.2) is 17.5 Å². The van der Waals surface area contributed by atoms with Crippen LogP contribution < -0.4 is 4.72 Å². The summed E-state index contributed by atoms with van der Waals surface area (Å²) in [6.07, 6.45) is 1.64. The lowest BCUT2D eigenvalue weighted by Crippen LogP contribution is -2.14. The molecule has 0 aliphatic rings. The SMILES string of the molecule is O=S(=O)(Nc1ccn(Cc2cccc3ccccc23)n1)c1ccc(F)c(F)c1. The maximum Gasteiger partial charge on any atom is 0.263 e. The van der Waals surface area contributed by atoms with Gasteiger partial charge in [-0.25, -0.2) is 17.2 Å². The van der Waals surface area contributed by atoms with Gasteiger partial charge < -0.3 is 0 Å². The third-order valence-electron chi connectivity index (χ3n) is 4.29. The summed E-state index contributed by atoms with van der Waals surface area (Å²) in [5, 5.41) is 6.41. The molecule has 0 amide bonds. The van der Waals surface area contributed by atoms with Gasteiger partial charge in [-0.1, -0.05) is 42.5 Å². The van der Waals surface area contributed by atoms with Crippen molar-refractivity contribution in [2.75, 3.05) is 4.72 Å². The summed E-state index contributed by atoms with van der Waals surface area (Å²) in [6, 6.07) is 17.8. The Morgan fingerprint density at radius 1 is 0.929 bits per heavy atom. The monoisotopic (exact) mass is 399 g/mol. The lowest BCUT2D eigenvalue weighted by Gasteiger charge is -2.07. The molecule has 0 aliphatic carbocycles. The second-order valence-electron chi connectivity index (χ2n) is 6.22. The normalized spacial score (nSPS) is 11.6. The van der Waals surface area contributed by atoms with E-state index < -0.39 is 21.7 Å². The zero-order chi connectivity index (χ0) is 19.7. The predicted molar refractivity (Wildman–Crippen MR) is 102 cm³/mol. The Balaban J connectivity index is 1.56. The van der Waals surface area contributed by atoms with Crippen molar-refractivity contribution in [3.63, 3.8) is 0 Å². The van der Waals surface area contributed by atoms with E-state index in [0.29, 0.717) is 12.6 Å². The summed E-state index contributed by atoms with van der Waals surface area (Å²) in [6.45, 7) is 0.453. The van der Waals surface area contributed by atoms with E-state index >= 15 is 0 Å². The summed E-state index contributed by atoms with van der Waals surface area (Å²) in [5.41, 5.74) is 1.04. The Kier molecular flexibility index (Phi) is 4.56. The molecule has 5 nitrogen and oxygen atoms in total. The van der Waals surface area contributed by atoms with E-state index in [9.17, 15) is 17.2 Å². The quantitative estimate of drug-likeness (QED) is 0.548. The van der Waals surface area contributed by atoms with Crippen molar-refractivity contribution in [3.8, 4) is 0 Å². The third-order valence-corrected chi connectivity index (χ3v) is 5.65. The fraction of sp³-hybridized carbons (Fsp3) is 0.0500. The van der Waals surface area contributed by atoms with E-state index in [-0.39, 0.29) is 10.7 Å². The number of fused-ring (bicyclic) bond motifs is 1. The highest BCUT2D eigenvalue weighted by atomic mass is 32.2. The van der Waals surface area contributed by atoms with Gasteiger partial charge in [0, 0.05) is 12.3 Å². The minimum absolute atomic E-state index is 0.0879. The first kappa shape index (κ1) is 18.1. The zero-order valence-electron chi connectivity index (χ0n) is 14.5. The number of halogens is 2. The fourth-order valence-electron chi connectivity index (χ4n) is 2.95. The molecule has 0 atom stereocenters. The highest BCUT2D eigenvalue weighted by Crippen LogP contribution is 2.21. The highest BCUT2D eigenvalue weighted by molar-refractivity contribution is 7.92. The van der Waals surface area contributed by atoms with Gasteiger partial charge in [0.05, 0.1) is 11.4 Å². The molecular formula is C20H15F2N3O2S. The van der Waals surface area contributed by atoms with Crippen LogP contribution in [-0.2, 0) is 16.6 Å². The molecule has 1 aromatic heterocycles. The van der Waals surface area contributed by atoms with Crippen molar-refractivity contribution in [2.24, 2.45) is 0 Å². The minimum atomic E-state index is -4.08. The van der Waals surface area contributed by atoms with Crippen molar-refractivity contribution in [1.29, 1.82) is 0 Å². The van der Waals surface area contributed by atoms with Crippen LogP contribution in [0.15, 0.2) is 77.8 Å². The molecule has 1 N–H and O–H groups in total. The Morgan fingerprint density at radius 2 is 1.71 bits per heavy atom. The molecule has 28 heavy (non-hydrogen) atoms. The summed E-state index contributed by atoms with van der Waals surface area (Å²) in [4.78, 5) is -0.380. The van der Waals surface area contributed by atoms with E-state index in [1.165, 1.54) is 6.07 Å². The fourth-order valence-corrected chi connectivity index (χ4v) is 3.96. The van der Waals surface area contributed by atoms with Gasteiger partial charge in [0.25, 0.3) is 10.0 Å². The van der Waals surface area contributed by atoms with Crippen molar-refractivity contribution < 1.29 is 17.2 Å². The van der Waals surface area contributed by atoms with Crippen LogP contribution in [0.25, 0.3) is 10.8 Å². The van der Waals surface area contributed by atoms with Crippen molar-refractivity contribution in [1.82, 2.24) is 9.78 Å². The molecule has 142 valence electrons.